The molecule has 3 rings (SSSR count). The van der Waals surface area contributed by atoms with Gasteiger partial charge in [0.2, 0.25) is 11.8 Å². The zero-order chi connectivity index (χ0) is 17.3. The van der Waals surface area contributed by atoms with Gasteiger partial charge in [0, 0.05) is 39.2 Å². The predicted octanol–water partition coefficient (Wildman–Crippen LogP) is 1.96. The molecule has 5 nitrogen and oxygen atoms in total. The molecule has 0 spiro atoms. The van der Waals surface area contributed by atoms with Crippen LogP contribution in [0.3, 0.4) is 0 Å². The largest absolute Gasteiger partial charge is 0.381 e. The van der Waals surface area contributed by atoms with E-state index in [1.54, 1.807) is 12.0 Å². The Bertz CT molecular complexity index is 645. The van der Waals surface area contributed by atoms with E-state index in [1.165, 1.54) is 11.0 Å². The highest BCUT2D eigenvalue weighted by atomic mass is 19.1. The summed E-state index contributed by atoms with van der Waals surface area (Å²) in [6.07, 6.45) is 1.78. The van der Waals surface area contributed by atoms with Gasteiger partial charge in [-0.05, 0) is 25.0 Å². The van der Waals surface area contributed by atoms with E-state index < -0.39 is 17.6 Å². The third-order valence-electron chi connectivity index (χ3n) is 4.76. The maximum absolute atomic E-state index is 13.9. The minimum absolute atomic E-state index is 0.0230. The van der Waals surface area contributed by atoms with Gasteiger partial charge in [-0.3, -0.25) is 9.59 Å². The van der Waals surface area contributed by atoms with Crippen LogP contribution >= 0.6 is 0 Å². The number of methoxy groups -OCH3 is 1. The Balaban J connectivity index is 1.67. The highest BCUT2D eigenvalue weighted by Crippen LogP contribution is 2.29. The van der Waals surface area contributed by atoms with Crippen LogP contribution in [0.25, 0.3) is 0 Å². The lowest BCUT2D eigenvalue weighted by atomic mass is 10.0. The van der Waals surface area contributed by atoms with Crippen molar-refractivity contribution in [2.75, 3.05) is 31.6 Å². The molecule has 1 aromatic carbocycles. The summed E-state index contributed by atoms with van der Waals surface area (Å²) in [7, 11) is 1.66. The van der Waals surface area contributed by atoms with Crippen molar-refractivity contribution < 1.29 is 23.1 Å². The second-order valence-electron chi connectivity index (χ2n) is 6.26. The molecule has 2 saturated heterocycles. The van der Waals surface area contributed by atoms with Crippen molar-refractivity contribution in [3.05, 3.63) is 29.8 Å². The van der Waals surface area contributed by atoms with Crippen LogP contribution in [0.2, 0.25) is 0 Å². The lowest BCUT2D eigenvalue weighted by Crippen LogP contribution is -2.44. The van der Waals surface area contributed by atoms with E-state index in [2.05, 4.69) is 0 Å². The Kier molecular flexibility index (Phi) is 4.80. The van der Waals surface area contributed by atoms with Crippen LogP contribution in [0, 0.1) is 17.6 Å². The normalized spacial score (nSPS) is 22.3. The molecular weight excluding hydrogens is 318 g/mol. The van der Waals surface area contributed by atoms with Crippen molar-refractivity contribution in [2.45, 2.75) is 25.4 Å². The first-order chi connectivity index (χ1) is 11.5. The van der Waals surface area contributed by atoms with Crippen molar-refractivity contribution in [3.8, 4) is 0 Å². The van der Waals surface area contributed by atoms with E-state index in [9.17, 15) is 18.4 Å². The monoisotopic (exact) mass is 338 g/mol. The number of likely N-dealkylation sites (tertiary alicyclic amines) is 1. The number of amides is 2. The molecule has 0 radical (unpaired) electrons. The first-order valence-corrected chi connectivity index (χ1v) is 8.06. The quantitative estimate of drug-likeness (QED) is 0.846. The van der Waals surface area contributed by atoms with Gasteiger partial charge in [0.15, 0.2) is 0 Å². The average molecular weight is 338 g/mol. The second-order valence-corrected chi connectivity index (χ2v) is 6.26. The summed E-state index contributed by atoms with van der Waals surface area (Å²) < 4.78 is 32.2. The first kappa shape index (κ1) is 16.8. The number of piperidine rings is 1. The first-order valence-electron chi connectivity index (χ1n) is 8.06. The van der Waals surface area contributed by atoms with E-state index in [0.29, 0.717) is 13.1 Å². The average Bonchev–Trinajstić information content (AvgIpc) is 2.96. The molecule has 1 unspecified atom stereocenters. The van der Waals surface area contributed by atoms with E-state index >= 15 is 0 Å². The molecule has 1 aromatic rings. The lowest BCUT2D eigenvalue weighted by molar-refractivity contribution is -0.138. The summed E-state index contributed by atoms with van der Waals surface area (Å²) in [5.41, 5.74) is 0.0230. The zero-order valence-electron chi connectivity index (χ0n) is 13.5. The molecular formula is C17H20F2N2O3. The summed E-state index contributed by atoms with van der Waals surface area (Å²) in [4.78, 5) is 27.8. The Morgan fingerprint density at radius 1 is 1.25 bits per heavy atom. The molecule has 2 aliphatic heterocycles. The number of nitrogens with zero attached hydrogens (tertiary/aromatic N) is 2. The fourth-order valence-corrected chi connectivity index (χ4v) is 3.38. The van der Waals surface area contributed by atoms with Crippen LogP contribution < -0.4 is 4.90 Å². The Morgan fingerprint density at radius 2 is 1.96 bits per heavy atom. The molecule has 2 aliphatic rings. The van der Waals surface area contributed by atoms with Crippen LogP contribution in [-0.4, -0.2) is 49.6 Å². The van der Waals surface area contributed by atoms with Gasteiger partial charge in [-0.2, -0.15) is 0 Å². The predicted molar refractivity (Wildman–Crippen MR) is 83.4 cm³/mol. The van der Waals surface area contributed by atoms with Crippen LogP contribution in [-0.2, 0) is 14.3 Å². The van der Waals surface area contributed by atoms with Gasteiger partial charge >= 0.3 is 0 Å². The van der Waals surface area contributed by atoms with Crippen molar-refractivity contribution in [3.63, 3.8) is 0 Å². The molecule has 130 valence electrons. The maximum atomic E-state index is 13.9. The number of carbonyl (C=O) groups is 2. The van der Waals surface area contributed by atoms with E-state index in [0.717, 1.165) is 25.0 Å². The van der Waals surface area contributed by atoms with E-state index in [-0.39, 0.29) is 36.6 Å². The van der Waals surface area contributed by atoms with Crippen LogP contribution in [0.1, 0.15) is 19.3 Å². The topological polar surface area (TPSA) is 49.9 Å². The zero-order valence-corrected chi connectivity index (χ0v) is 13.5. The number of hydrogen-bond donors (Lipinski definition) is 0. The highest BCUT2D eigenvalue weighted by Gasteiger charge is 2.38. The SMILES string of the molecule is COC1CCN(C(=O)C2CC(=O)N(c3ccc(F)cc3F)C2)CC1. The Hall–Kier alpha value is -2.02. The standard InChI is InChI=1S/C17H20F2N2O3/c1-24-13-4-6-20(7-5-13)17(23)11-8-16(22)21(10-11)15-3-2-12(18)9-14(15)19/h2-3,9,11,13H,4-8,10H2,1H3. The van der Waals surface area contributed by atoms with Crippen molar-refractivity contribution >= 4 is 17.5 Å². The van der Waals surface area contributed by atoms with Crippen molar-refractivity contribution in [1.82, 2.24) is 4.90 Å². The minimum atomic E-state index is -0.794. The van der Waals surface area contributed by atoms with E-state index in [4.69, 9.17) is 4.74 Å². The fraction of sp³-hybridized carbons (Fsp3) is 0.529. The number of halogens is 2. The molecule has 2 heterocycles. The Labute approximate surface area is 139 Å². The van der Waals surface area contributed by atoms with Crippen molar-refractivity contribution in [1.29, 1.82) is 0 Å². The molecule has 2 fully saturated rings. The minimum Gasteiger partial charge on any atom is -0.381 e. The molecule has 1 atom stereocenters. The summed E-state index contributed by atoms with van der Waals surface area (Å²) in [6, 6.07) is 3.09. The number of carbonyl (C=O) groups excluding carboxylic acids is 2. The van der Waals surface area contributed by atoms with Crippen LogP contribution in [0.4, 0.5) is 14.5 Å². The van der Waals surface area contributed by atoms with Crippen LogP contribution in [0.5, 0.6) is 0 Å². The fourth-order valence-electron chi connectivity index (χ4n) is 3.38. The highest BCUT2D eigenvalue weighted by molar-refractivity contribution is 6.00. The summed E-state index contributed by atoms with van der Waals surface area (Å²) in [5, 5.41) is 0. The smallest absolute Gasteiger partial charge is 0.228 e. The molecule has 24 heavy (non-hydrogen) atoms. The molecule has 2 amide bonds. The number of ether oxygens (including phenoxy) is 1. The molecule has 0 N–H and O–H groups in total. The second kappa shape index (κ2) is 6.84. The molecule has 0 aliphatic carbocycles. The van der Waals surface area contributed by atoms with E-state index in [1.807, 2.05) is 0 Å². The third kappa shape index (κ3) is 3.26. The van der Waals surface area contributed by atoms with Gasteiger partial charge in [0.05, 0.1) is 17.7 Å². The van der Waals surface area contributed by atoms with Gasteiger partial charge in [0.1, 0.15) is 11.6 Å². The Morgan fingerprint density at radius 3 is 2.58 bits per heavy atom. The summed E-state index contributed by atoms with van der Waals surface area (Å²) >= 11 is 0. The molecule has 0 aromatic heterocycles. The van der Waals surface area contributed by atoms with Crippen molar-refractivity contribution in [2.24, 2.45) is 5.92 Å². The number of hydrogen-bond acceptors (Lipinski definition) is 3. The third-order valence-corrected chi connectivity index (χ3v) is 4.76. The lowest BCUT2D eigenvalue weighted by Gasteiger charge is -2.32. The number of benzene rings is 1. The van der Waals surface area contributed by atoms with Gasteiger partial charge in [0.25, 0.3) is 0 Å². The summed E-state index contributed by atoms with van der Waals surface area (Å²) in [5.74, 6) is -2.37. The van der Waals surface area contributed by atoms with Crippen LogP contribution in [0.15, 0.2) is 18.2 Å². The van der Waals surface area contributed by atoms with Gasteiger partial charge in [-0.15, -0.1) is 0 Å². The van der Waals surface area contributed by atoms with Gasteiger partial charge in [-0.25, -0.2) is 8.78 Å². The maximum Gasteiger partial charge on any atom is 0.228 e. The molecule has 0 bridgehead atoms. The summed E-state index contributed by atoms with van der Waals surface area (Å²) in [6.45, 7) is 1.34. The molecule has 7 heteroatoms. The van der Waals surface area contributed by atoms with Gasteiger partial charge in [-0.1, -0.05) is 0 Å². The molecule has 0 saturated carbocycles. The van der Waals surface area contributed by atoms with Gasteiger partial charge < -0.3 is 14.5 Å². The number of anilines is 1. The number of rotatable bonds is 3.